The van der Waals surface area contributed by atoms with Gasteiger partial charge >= 0.3 is 0 Å². The van der Waals surface area contributed by atoms with Crippen LogP contribution in [0.3, 0.4) is 0 Å². The van der Waals surface area contributed by atoms with E-state index < -0.39 is 15.6 Å². The van der Waals surface area contributed by atoms with E-state index in [0.717, 1.165) is 26.9 Å². The average Bonchev–Trinajstić information content (AvgIpc) is 3.15. The summed E-state index contributed by atoms with van der Waals surface area (Å²) in [6.45, 7) is 1.76. The zero-order valence-electron chi connectivity index (χ0n) is 16.2. The van der Waals surface area contributed by atoms with Crippen molar-refractivity contribution >= 4 is 49.7 Å². The lowest BCUT2D eigenvalue weighted by Crippen LogP contribution is -2.50. The van der Waals surface area contributed by atoms with E-state index in [0.29, 0.717) is 10.2 Å². The van der Waals surface area contributed by atoms with Crippen LogP contribution in [-0.2, 0) is 15.6 Å². The van der Waals surface area contributed by atoms with Crippen LogP contribution < -0.4 is 11.1 Å². The fraction of sp³-hybridized carbons (Fsp3) is 0.211. The Bertz CT molecular complexity index is 1230. The third kappa shape index (κ3) is 3.98. The molecule has 0 spiro atoms. The van der Waals surface area contributed by atoms with Gasteiger partial charge in [0.15, 0.2) is 5.13 Å². The van der Waals surface area contributed by atoms with Crippen LogP contribution in [-0.4, -0.2) is 41.5 Å². The van der Waals surface area contributed by atoms with E-state index in [-0.39, 0.29) is 11.7 Å². The van der Waals surface area contributed by atoms with Crippen LogP contribution in [0, 0.1) is 0 Å². The molecule has 2 aromatic heterocycles. The standard InChI is InChI=1S/C19H19ClN6O2S2/c1-19(11-30(27,28)26(2)17(21)25-19)12-4-3-5-14(8-12)23-18-24-16(10-29-18)15-7-6-13(20)9-22-15/h3-10H,11H2,1-2H3,(H2,21,25)(H,23,24)/t19-/m0/s1. The van der Waals surface area contributed by atoms with Crippen LogP contribution in [0.4, 0.5) is 10.8 Å². The Morgan fingerprint density at radius 3 is 2.77 bits per heavy atom. The molecule has 1 aliphatic rings. The van der Waals surface area contributed by atoms with E-state index in [1.165, 1.54) is 18.4 Å². The number of pyridine rings is 1. The summed E-state index contributed by atoms with van der Waals surface area (Å²) in [6, 6.07) is 11.0. The SMILES string of the molecule is CN1C(N)=N[C@](C)(c2cccc(Nc3nc(-c4ccc(Cl)cn4)cs3)c2)CS1(=O)=O. The molecule has 0 aliphatic carbocycles. The van der Waals surface area contributed by atoms with Gasteiger partial charge in [-0.1, -0.05) is 23.7 Å². The van der Waals surface area contributed by atoms with Crippen molar-refractivity contribution in [2.45, 2.75) is 12.5 Å². The average molecular weight is 463 g/mol. The molecule has 156 valence electrons. The molecule has 0 unspecified atom stereocenters. The van der Waals surface area contributed by atoms with Gasteiger partial charge in [0.1, 0.15) is 11.2 Å². The summed E-state index contributed by atoms with van der Waals surface area (Å²) in [7, 11) is -2.13. The Labute approximate surface area is 183 Å². The summed E-state index contributed by atoms with van der Waals surface area (Å²) in [5.41, 5.74) is 7.85. The Morgan fingerprint density at radius 2 is 2.07 bits per heavy atom. The Hall–Kier alpha value is -2.69. The van der Waals surface area contributed by atoms with Crippen molar-refractivity contribution in [3.63, 3.8) is 0 Å². The second kappa shape index (κ2) is 7.53. The number of hydrogen-bond donors (Lipinski definition) is 2. The molecule has 0 radical (unpaired) electrons. The van der Waals surface area contributed by atoms with Crippen LogP contribution in [0.1, 0.15) is 12.5 Å². The van der Waals surface area contributed by atoms with Gasteiger partial charge in [-0.15, -0.1) is 11.3 Å². The number of anilines is 2. The molecular weight excluding hydrogens is 444 g/mol. The number of hydrogen-bond acceptors (Lipinski definition) is 8. The van der Waals surface area contributed by atoms with Crippen molar-refractivity contribution in [2.24, 2.45) is 10.7 Å². The summed E-state index contributed by atoms with van der Waals surface area (Å²) in [5, 5.41) is 6.41. The van der Waals surface area contributed by atoms with E-state index in [2.05, 4.69) is 20.3 Å². The molecule has 3 aromatic rings. The molecular formula is C19H19ClN6O2S2. The minimum Gasteiger partial charge on any atom is -0.369 e. The molecule has 0 bridgehead atoms. The van der Waals surface area contributed by atoms with Gasteiger partial charge in [-0.25, -0.2) is 22.7 Å². The highest BCUT2D eigenvalue weighted by Gasteiger charge is 2.40. The molecule has 3 heterocycles. The number of aromatic nitrogens is 2. The molecule has 3 N–H and O–H groups in total. The number of aliphatic imine (C=N–C) groups is 1. The second-order valence-corrected chi connectivity index (χ2v) is 10.4. The molecule has 0 amide bonds. The fourth-order valence-corrected chi connectivity index (χ4v) is 5.43. The van der Waals surface area contributed by atoms with E-state index in [1.807, 2.05) is 35.7 Å². The highest BCUT2D eigenvalue weighted by molar-refractivity contribution is 7.89. The van der Waals surface area contributed by atoms with Crippen LogP contribution in [0.5, 0.6) is 0 Å². The van der Waals surface area contributed by atoms with Crippen molar-refractivity contribution in [1.82, 2.24) is 14.3 Å². The molecule has 1 aliphatic heterocycles. The minimum absolute atomic E-state index is 0.0258. The number of rotatable bonds is 4. The number of nitrogens with zero attached hydrogens (tertiary/aromatic N) is 4. The first-order chi connectivity index (χ1) is 14.2. The van der Waals surface area contributed by atoms with Crippen LogP contribution in [0.15, 0.2) is 53.0 Å². The van der Waals surface area contributed by atoms with Crippen molar-refractivity contribution < 1.29 is 8.42 Å². The highest BCUT2D eigenvalue weighted by Crippen LogP contribution is 2.34. The molecule has 0 saturated carbocycles. The van der Waals surface area contributed by atoms with Crippen molar-refractivity contribution in [1.29, 1.82) is 0 Å². The first kappa shape index (κ1) is 20.6. The highest BCUT2D eigenvalue weighted by atomic mass is 35.5. The Balaban J connectivity index is 1.60. The molecule has 0 fully saturated rings. The monoisotopic (exact) mass is 462 g/mol. The molecule has 30 heavy (non-hydrogen) atoms. The minimum atomic E-state index is -3.54. The first-order valence-corrected chi connectivity index (χ1v) is 11.8. The van der Waals surface area contributed by atoms with E-state index in [4.69, 9.17) is 17.3 Å². The molecule has 4 rings (SSSR count). The smallest absolute Gasteiger partial charge is 0.239 e. The van der Waals surface area contributed by atoms with Crippen molar-refractivity contribution in [3.05, 3.63) is 58.6 Å². The third-order valence-electron chi connectivity index (χ3n) is 4.79. The van der Waals surface area contributed by atoms with E-state index in [1.54, 1.807) is 19.2 Å². The summed E-state index contributed by atoms with van der Waals surface area (Å²) in [4.78, 5) is 13.3. The van der Waals surface area contributed by atoms with Crippen LogP contribution >= 0.6 is 22.9 Å². The number of sulfonamides is 1. The second-order valence-electron chi connectivity index (χ2n) is 7.07. The van der Waals surface area contributed by atoms with Crippen molar-refractivity contribution in [2.75, 3.05) is 18.1 Å². The lowest BCUT2D eigenvalue weighted by molar-refractivity contribution is 0.477. The number of halogens is 1. The Morgan fingerprint density at radius 1 is 1.27 bits per heavy atom. The number of nitrogens with two attached hydrogens (primary N) is 1. The lowest BCUT2D eigenvalue weighted by atomic mass is 9.94. The molecule has 11 heteroatoms. The van der Waals surface area contributed by atoms with Gasteiger partial charge in [0.05, 0.1) is 16.5 Å². The third-order valence-corrected chi connectivity index (χ3v) is 7.72. The summed E-state index contributed by atoms with van der Waals surface area (Å²) in [5.74, 6) is -0.188. The van der Waals surface area contributed by atoms with Gasteiger partial charge in [-0.05, 0) is 36.8 Å². The normalized spacial score (nSPS) is 20.6. The number of thiazole rings is 1. The number of nitrogens with one attached hydrogen (secondary N) is 1. The predicted octanol–water partition coefficient (Wildman–Crippen LogP) is 3.41. The summed E-state index contributed by atoms with van der Waals surface area (Å²) >= 11 is 7.33. The van der Waals surface area contributed by atoms with Gasteiger partial charge in [0, 0.05) is 24.3 Å². The molecule has 1 aromatic carbocycles. The maximum atomic E-state index is 12.4. The largest absolute Gasteiger partial charge is 0.369 e. The molecule has 1 atom stereocenters. The zero-order chi connectivity index (χ0) is 21.5. The quantitative estimate of drug-likeness (QED) is 0.614. The van der Waals surface area contributed by atoms with E-state index in [9.17, 15) is 8.42 Å². The number of guanidine groups is 1. The lowest BCUT2D eigenvalue weighted by Gasteiger charge is -2.34. The predicted molar refractivity (Wildman–Crippen MR) is 121 cm³/mol. The van der Waals surface area contributed by atoms with Gasteiger partial charge in [0.2, 0.25) is 16.0 Å². The van der Waals surface area contributed by atoms with Gasteiger partial charge in [-0.3, -0.25) is 4.98 Å². The van der Waals surface area contributed by atoms with Crippen LogP contribution in [0.2, 0.25) is 5.02 Å². The van der Waals surface area contributed by atoms with Crippen molar-refractivity contribution in [3.8, 4) is 11.4 Å². The summed E-state index contributed by atoms with van der Waals surface area (Å²) < 4.78 is 25.9. The first-order valence-electron chi connectivity index (χ1n) is 8.93. The maximum absolute atomic E-state index is 12.4. The van der Waals surface area contributed by atoms with Crippen LogP contribution in [0.25, 0.3) is 11.4 Å². The molecule has 8 nitrogen and oxygen atoms in total. The summed E-state index contributed by atoms with van der Waals surface area (Å²) in [6.07, 6.45) is 1.58. The zero-order valence-corrected chi connectivity index (χ0v) is 18.6. The maximum Gasteiger partial charge on any atom is 0.239 e. The van der Waals surface area contributed by atoms with E-state index >= 15 is 0 Å². The number of benzene rings is 1. The topological polar surface area (TPSA) is 114 Å². The molecule has 0 saturated heterocycles. The van der Waals surface area contributed by atoms with Gasteiger partial charge in [0.25, 0.3) is 0 Å². The fourth-order valence-electron chi connectivity index (χ4n) is 3.13. The Kier molecular flexibility index (Phi) is 5.16. The van der Waals surface area contributed by atoms with Gasteiger partial charge in [-0.2, -0.15) is 0 Å². The van der Waals surface area contributed by atoms with Gasteiger partial charge < -0.3 is 11.1 Å².